The largest absolute Gasteiger partial charge is 0.392 e. The predicted molar refractivity (Wildman–Crippen MR) is 99.8 cm³/mol. The van der Waals surface area contributed by atoms with Gasteiger partial charge in [-0.3, -0.25) is 4.98 Å². The SMILES string of the molecule is Cc1ccccc1-c1cc(-c2ccc(F)cc2)c(CO)c(C(C)C)n1. The van der Waals surface area contributed by atoms with Crippen LogP contribution in [-0.4, -0.2) is 10.1 Å². The molecule has 2 nitrogen and oxygen atoms in total. The summed E-state index contributed by atoms with van der Waals surface area (Å²) >= 11 is 0. The van der Waals surface area contributed by atoms with Crippen molar-refractivity contribution in [3.05, 3.63) is 77.2 Å². The van der Waals surface area contributed by atoms with E-state index in [-0.39, 0.29) is 18.3 Å². The van der Waals surface area contributed by atoms with Crippen LogP contribution in [0.1, 0.15) is 36.6 Å². The second kappa shape index (κ2) is 7.16. The van der Waals surface area contributed by atoms with Crippen LogP contribution in [0.15, 0.2) is 54.6 Å². The lowest BCUT2D eigenvalue weighted by atomic mass is 9.92. The Bertz CT molecular complexity index is 885. The molecule has 128 valence electrons. The molecule has 2 aromatic carbocycles. The molecule has 1 heterocycles. The fraction of sp³-hybridized carbons (Fsp3) is 0.227. The quantitative estimate of drug-likeness (QED) is 0.685. The Labute approximate surface area is 148 Å². The fourth-order valence-electron chi connectivity index (χ4n) is 3.12. The fourth-order valence-corrected chi connectivity index (χ4v) is 3.12. The summed E-state index contributed by atoms with van der Waals surface area (Å²) in [6.07, 6.45) is 0. The molecule has 0 fully saturated rings. The van der Waals surface area contributed by atoms with Crippen LogP contribution in [0, 0.1) is 12.7 Å². The molecule has 0 atom stereocenters. The molecule has 0 bridgehead atoms. The summed E-state index contributed by atoms with van der Waals surface area (Å²) in [5.74, 6) is -0.100. The first-order valence-electron chi connectivity index (χ1n) is 8.48. The average molecular weight is 335 g/mol. The lowest BCUT2D eigenvalue weighted by Crippen LogP contribution is -2.05. The van der Waals surface area contributed by atoms with Crippen molar-refractivity contribution in [2.24, 2.45) is 0 Å². The molecule has 1 aromatic heterocycles. The van der Waals surface area contributed by atoms with Crippen molar-refractivity contribution in [2.75, 3.05) is 0 Å². The highest BCUT2D eigenvalue weighted by Gasteiger charge is 2.17. The van der Waals surface area contributed by atoms with Gasteiger partial charge >= 0.3 is 0 Å². The van der Waals surface area contributed by atoms with E-state index in [1.807, 2.05) is 18.2 Å². The lowest BCUT2D eigenvalue weighted by molar-refractivity contribution is 0.280. The molecule has 25 heavy (non-hydrogen) atoms. The molecule has 0 saturated heterocycles. The van der Waals surface area contributed by atoms with E-state index in [2.05, 4.69) is 32.9 Å². The van der Waals surface area contributed by atoms with Gasteiger partial charge in [0.1, 0.15) is 5.82 Å². The monoisotopic (exact) mass is 335 g/mol. The molecular weight excluding hydrogens is 313 g/mol. The maximum atomic E-state index is 13.3. The Kier molecular flexibility index (Phi) is 4.95. The number of pyridine rings is 1. The molecule has 0 spiro atoms. The minimum absolute atomic E-state index is 0.0960. The number of hydrogen-bond donors (Lipinski definition) is 1. The standard InChI is InChI=1S/C22H22FNO/c1-14(2)22-20(13-25)19(16-8-10-17(23)11-9-16)12-21(24-22)18-7-5-4-6-15(18)3/h4-12,14,25H,13H2,1-3H3. The molecule has 3 aromatic rings. The number of halogens is 1. The van der Waals surface area contributed by atoms with Crippen LogP contribution >= 0.6 is 0 Å². The van der Waals surface area contributed by atoms with E-state index >= 15 is 0 Å². The molecule has 0 saturated carbocycles. The first-order valence-corrected chi connectivity index (χ1v) is 8.48. The van der Waals surface area contributed by atoms with Crippen molar-refractivity contribution in [3.8, 4) is 22.4 Å². The van der Waals surface area contributed by atoms with E-state index in [1.54, 1.807) is 12.1 Å². The summed E-state index contributed by atoms with van der Waals surface area (Å²) in [4.78, 5) is 4.84. The van der Waals surface area contributed by atoms with Crippen molar-refractivity contribution in [2.45, 2.75) is 33.3 Å². The van der Waals surface area contributed by atoms with Crippen molar-refractivity contribution in [1.82, 2.24) is 4.98 Å². The third-order valence-corrected chi connectivity index (χ3v) is 4.44. The van der Waals surface area contributed by atoms with Gasteiger partial charge in [0.2, 0.25) is 0 Å². The molecule has 3 heteroatoms. The van der Waals surface area contributed by atoms with E-state index in [0.29, 0.717) is 0 Å². The summed E-state index contributed by atoms with van der Waals surface area (Å²) in [6.45, 7) is 6.10. The van der Waals surface area contributed by atoms with Gasteiger partial charge in [-0.15, -0.1) is 0 Å². The Morgan fingerprint density at radius 2 is 1.68 bits per heavy atom. The van der Waals surface area contributed by atoms with Crippen molar-refractivity contribution in [3.63, 3.8) is 0 Å². The van der Waals surface area contributed by atoms with Crippen LogP contribution in [-0.2, 0) is 6.61 Å². The molecule has 0 aliphatic heterocycles. The van der Waals surface area contributed by atoms with E-state index in [0.717, 1.165) is 39.2 Å². The number of hydrogen-bond acceptors (Lipinski definition) is 2. The minimum Gasteiger partial charge on any atom is -0.392 e. The Morgan fingerprint density at radius 1 is 1.00 bits per heavy atom. The minimum atomic E-state index is -0.272. The van der Waals surface area contributed by atoms with Crippen molar-refractivity contribution >= 4 is 0 Å². The molecule has 1 N–H and O–H groups in total. The third kappa shape index (κ3) is 3.47. The smallest absolute Gasteiger partial charge is 0.123 e. The summed E-state index contributed by atoms with van der Waals surface area (Å²) in [7, 11) is 0. The molecule has 3 rings (SSSR count). The number of aromatic nitrogens is 1. The zero-order valence-electron chi connectivity index (χ0n) is 14.8. The van der Waals surface area contributed by atoms with Gasteiger partial charge in [0.15, 0.2) is 0 Å². The molecule has 0 amide bonds. The zero-order valence-corrected chi connectivity index (χ0v) is 14.8. The van der Waals surface area contributed by atoms with Gasteiger partial charge in [0, 0.05) is 16.8 Å². The molecule has 0 aliphatic carbocycles. The van der Waals surface area contributed by atoms with E-state index < -0.39 is 0 Å². The number of nitrogens with zero attached hydrogens (tertiary/aromatic N) is 1. The third-order valence-electron chi connectivity index (χ3n) is 4.44. The highest BCUT2D eigenvalue weighted by molar-refractivity contribution is 5.75. The number of aryl methyl sites for hydroxylation is 1. The van der Waals surface area contributed by atoms with Crippen LogP contribution in [0.3, 0.4) is 0 Å². The van der Waals surface area contributed by atoms with Crippen LogP contribution < -0.4 is 0 Å². The van der Waals surface area contributed by atoms with E-state index in [9.17, 15) is 9.50 Å². The highest BCUT2D eigenvalue weighted by atomic mass is 19.1. The maximum absolute atomic E-state index is 13.3. The van der Waals surface area contributed by atoms with Gasteiger partial charge in [-0.25, -0.2) is 4.39 Å². The first-order chi connectivity index (χ1) is 12.0. The molecule has 0 unspecified atom stereocenters. The number of benzene rings is 2. The summed E-state index contributed by atoms with van der Waals surface area (Å²) in [5, 5.41) is 9.97. The molecular formula is C22H22FNO. The number of aliphatic hydroxyl groups is 1. The van der Waals surface area contributed by atoms with Gasteiger partial charge in [0.05, 0.1) is 12.3 Å². The van der Waals surface area contributed by atoms with Gasteiger partial charge < -0.3 is 5.11 Å². The lowest BCUT2D eigenvalue weighted by Gasteiger charge is -2.18. The average Bonchev–Trinajstić information content (AvgIpc) is 2.61. The van der Waals surface area contributed by atoms with Gasteiger partial charge in [-0.1, -0.05) is 50.2 Å². The Hall–Kier alpha value is -2.52. The molecule has 0 aliphatic rings. The number of aliphatic hydroxyl groups excluding tert-OH is 1. The summed E-state index contributed by atoms with van der Waals surface area (Å²) in [6, 6.07) is 16.5. The summed E-state index contributed by atoms with van der Waals surface area (Å²) in [5.41, 5.74) is 6.55. The van der Waals surface area contributed by atoms with Gasteiger partial charge in [-0.05, 0) is 47.7 Å². The maximum Gasteiger partial charge on any atom is 0.123 e. The van der Waals surface area contributed by atoms with Crippen LogP contribution in [0.5, 0.6) is 0 Å². The van der Waals surface area contributed by atoms with E-state index in [1.165, 1.54) is 12.1 Å². The first kappa shape index (κ1) is 17.3. The van der Waals surface area contributed by atoms with Crippen LogP contribution in [0.2, 0.25) is 0 Å². The van der Waals surface area contributed by atoms with E-state index in [4.69, 9.17) is 4.98 Å². The number of rotatable bonds is 4. The van der Waals surface area contributed by atoms with Crippen LogP contribution in [0.4, 0.5) is 4.39 Å². The van der Waals surface area contributed by atoms with Crippen molar-refractivity contribution in [1.29, 1.82) is 0 Å². The van der Waals surface area contributed by atoms with Crippen molar-refractivity contribution < 1.29 is 9.50 Å². The van der Waals surface area contributed by atoms with Gasteiger partial charge in [-0.2, -0.15) is 0 Å². The second-order valence-corrected chi connectivity index (χ2v) is 6.55. The van der Waals surface area contributed by atoms with Gasteiger partial charge in [0.25, 0.3) is 0 Å². The predicted octanol–water partition coefficient (Wildman–Crippen LogP) is 5.48. The topological polar surface area (TPSA) is 33.1 Å². The van der Waals surface area contributed by atoms with Crippen LogP contribution in [0.25, 0.3) is 22.4 Å². The highest BCUT2D eigenvalue weighted by Crippen LogP contribution is 2.34. The Balaban J connectivity index is 2.29. The molecule has 0 radical (unpaired) electrons. The normalized spacial score (nSPS) is 11.1. The summed E-state index contributed by atoms with van der Waals surface area (Å²) < 4.78 is 13.3. The Morgan fingerprint density at radius 3 is 2.28 bits per heavy atom. The second-order valence-electron chi connectivity index (χ2n) is 6.55. The zero-order chi connectivity index (χ0) is 18.0.